The number of hydrogen-bond donors (Lipinski definition) is 1. The molecule has 0 aliphatic rings. The van der Waals surface area contributed by atoms with Gasteiger partial charge in [0.25, 0.3) is 0 Å². The first-order valence-corrected chi connectivity index (χ1v) is 2.53. The van der Waals surface area contributed by atoms with Crippen LogP contribution in [0.2, 0.25) is 0 Å². The van der Waals surface area contributed by atoms with Crippen molar-refractivity contribution < 1.29 is 9.90 Å². The highest BCUT2D eigenvalue weighted by atomic mass is 16.4. The van der Waals surface area contributed by atoms with E-state index in [0.29, 0.717) is 0 Å². The molecule has 0 unspecified atom stereocenters. The molecule has 1 radical (unpaired) electrons. The monoisotopic (exact) mass is 124 g/mol. The van der Waals surface area contributed by atoms with Crippen LogP contribution in [0.3, 0.4) is 0 Å². The predicted octanol–water partition coefficient (Wildman–Crippen LogP) is 0.373. The van der Waals surface area contributed by atoms with Gasteiger partial charge in [0, 0.05) is 6.20 Å². The first-order valence-electron chi connectivity index (χ1n) is 2.53. The summed E-state index contributed by atoms with van der Waals surface area (Å²) in [5.74, 6) is -0.845. The fraction of sp³-hybridized carbons (Fsp3) is 0.167. The Balaban J connectivity index is 2.58. The lowest BCUT2D eigenvalue weighted by molar-refractivity contribution is -0.137. The molecule has 0 aromatic carbocycles. The normalized spacial score (nSPS) is 9.33. The second-order valence-corrected chi connectivity index (χ2v) is 1.66. The summed E-state index contributed by atoms with van der Waals surface area (Å²) in [4.78, 5) is 10.0. The van der Waals surface area contributed by atoms with Gasteiger partial charge in [-0.3, -0.25) is 4.79 Å². The van der Waals surface area contributed by atoms with Crippen molar-refractivity contribution in [1.82, 2.24) is 4.57 Å². The van der Waals surface area contributed by atoms with E-state index in [-0.39, 0.29) is 6.54 Å². The van der Waals surface area contributed by atoms with Crippen molar-refractivity contribution in [3.05, 3.63) is 24.5 Å². The third-order valence-electron chi connectivity index (χ3n) is 0.908. The zero-order chi connectivity index (χ0) is 6.69. The molecule has 0 aliphatic heterocycles. The van der Waals surface area contributed by atoms with Crippen molar-refractivity contribution in [1.29, 1.82) is 0 Å². The van der Waals surface area contributed by atoms with E-state index in [9.17, 15) is 4.79 Å². The quantitative estimate of drug-likeness (QED) is 0.619. The minimum atomic E-state index is -0.845. The molecule has 47 valence electrons. The van der Waals surface area contributed by atoms with E-state index < -0.39 is 5.97 Å². The number of aliphatic carboxylic acids is 1. The summed E-state index contributed by atoms with van der Waals surface area (Å²) in [5.41, 5.74) is 0. The van der Waals surface area contributed by atoms with Crippen LogP contribution in [0.5, 0.6) is 0 Å². The first kappa shape index (κ1) is 5.88. The van der Waals surface area contributed by atoms with Crippen LogP contribution in [-0.4, -0.2) is 15.6 Å². The summed E-state index contributed by atoms with van der Waals surface area (Å²) in [7, 11) is 0. The predicted molar refractivity (Wildman–Crippen MR) is 30.9 cm³/mol. The van der Waals surface area contributed by atoms with Gasteiger partial charge in [-0.2, -0.15) is 0 Å². The number of rotatable bonds is 2. The average Bonchev–Trinajstić information content (AvgIpc) is 2.15. The second kappa shape index (κ2) is 2.35. The first-order chi connectivity index (χ1) is 4.29. The van der Waals surface area contributed by atoms with Crippen LogP contribution in [-0.2, 0) is 11.3 Å². The number of hydrogen-bond acceptors (Lipinski definition) is 1. The number of nitrogens with zero attached hydrogens (tertiary/aromatic N) is 1. The Kier molecular flexibility index (Phi) is 1.53. The smallest absolute Gasteiger partial charge is 0.323 e. The Labute approximate surface area is 52.5 Å². The minimum absolute atomic E-state index is 0.00694. The van der Waals surface area contributed by atoms with Crippen LogP contribution in [0.1, 0.15) is 0 Å². The highest BCUT2D eigenvalue weighted by Crippen LogP contribution is 1.86. The van der Waals surface area contributed by atoms with Crippen LogP contribution in [0.25, 0.3) is 0 Å². The molecule has 0 saturated carbocycles. The summed E-state index contributed by atoms with van der Waals surface area (Å²) in [6.45, 7) is -0.00694. The summed E-state index contributed by atoms with van der Waals surface area (Å²) >= 11 is 0. The number of carbonyl (C=O) groups is 1. The Morgan fingerprint density at radius 1 is 1.78 bits per heavy atom. The summed E-state index contributed by atoms with van der Waals surface area (Å²) in [6.07, 6.45) is 4.37. The van der Waals surface area contributed by atoms with Gasteiger partial charge in [-0.25, -0.2) is 0 Å². The molecule has 0 spiro atoms. The van der Waals surface area contributed by atoms with Gasteiger partial charge in [-0.1, -0.05) is 0 Å². The molecule has 1 N–H and O–H groups in total. The molecule has 0 bridgehead atoms. The topological polar surface area (TPSA) is 42.2 Å². The standard InChI is InChI=1S/C6H6NO2/c8-6(9)5-7-3-1-2-4-7/h1-3H,5H2,(H,8,9). The summed E-state index contributed by atoms with van der Waals surface area (Å²) in [6, 6.07) is 3.41. The van der Waals surface area contributed by atoms with Crippen molar-refractivity contribution >= 4 is 5.97 Å². The molecular formula is C6H6NO2. The number of aromatic nitrogens is 1. The minimum Gasteiger partial charge on any atom is -0.480 e. The third-order valence-corrected chi connectivity index (χ3v) is 0.908. The summed E-state index contributed by atoms with van der Waals surface area (Å²) in [5, 5.41) is 8.24. The maximum absolute atomic E-state index is 10.0. The van der Waals surface area contributed by atoms with Crippen LogP contribution in [0.15, 0.2) is 18.3 Å². The van der Waals surface area contributed by atoms with E-state index >= 15 is 0 Å². The van der Waals surface area contributed by atoms with Gasteiger partial charge in [0.15, 0.2) is 0 Å². The molecule has 0 saturated heterocycles. The molecule has 3 heteroatoms. The van der Waals surface area contributed by atoms with Gasteiger partial charge in [0.05, 0.1) is 6.20 Å². The van der Waals surface area contributed by atoms with Gasteiger partial charge in [0.2, 0.25) is 0 Å². The van der Waals surface area contributed by atoms with Crippen molar-refractivity contribution in [2.75, 3.05) is 0 Å². The van der Waals surface area contributed by atoms with Crippen molar-refractivity contribution in [3.63, 3.8) is 0 Å². The van der Waals surface area contributed by atoms with Gasteiger partial charge in [-0.05, 0) is 12.1 Å². The van der Waals surface area contributed by atoms with Crippen molar-refractivity contribution in [3.8, 4) is 0 Å². The van der Waals surface area contributed by atoms with Crippen LogP contribution < -0.4 is 0 Å². The Hall–Kier alpha value is -1.25. The molecule has 1 aromatic rings. The van der Waals surface area contributed by atoms with Gasteiger partial charge < -0.3 is 9.67 Å². The molecule has 0 fully saturated rings. The maximum atomic E-state index is 10.0. The highest BCUT2D eigenvalue weighted by molar-refractivity contribution is 5.66. The van der Waals surface area contributed by atoms with Gasteiger partial charge >= 0.3 is 5.97 Å². The molecule has 0 amide bonds. The highest BCUT2D eigenvalue weighted by Gasteiger charge is 1.94. The average molecular weight is 124 g/mol. The molecule has 0 aliphatic carbocycles. The number of carboxylic acids is 1. The molecule has 1 heterocycles. The zero-order valence-electron chi connectivity index (χ0n) is 4.74. The van der Waals surface area contributed by atoms with Crippen molar-refractivity contribution in [2.24, 2.45) is 0 Å². The van der Waals surface area contributed by atoms with Gasteiger partial charge in [0.1, 0.15) is 6.54 Å². The van der Waals surface area contributed by atoms with E-state index in [1.165, 1.54) is 4.57 Å². The molecule has 1 rings (SSSR count). The van der Waals surface area contributed by atoms with E-state index in [1.807, 2.05) is 0 Å². The lowest BCUT2D eigenvalue weighted by Gasteiger charge is -1.92. The lowest BCUT2D eigenvalue weighted by atomic mass is 10.6. The fourth-order valence-electron chi connectivity index (χ4n) is 0.573. The van der Waals surface area contributed by atoms with E-state index in [4.69, 9.17) is 5.11 Å². The molecule has 3 nitrogen and oxygen atoms in total. The number of carboxylic acid groups (broad SMARTS) is 1. The molecule has 0 atom stereocenters. The molecular weight excluding hydrogens is 118 g/mol. The summed E-state index contributed by atoms with van der Waals surface area (Å²) < 4.78 is 1.47. The van der Waals surface area contributed by atoms with E-state index in [0.717, 1.165) is 0 Å². The Bertz CT molecular complexity index is 191. The van der Waals surface area contributed by atoms with E-state index in [2.05, 4.69) is 6.20 Å². The van der Waals surface area contributed by atoms with Crippen LogP contribution in [0, 0.1) is 6.20 Å². The van der Waals surface area contributed by atoms with Crippen LogP contribution in [0.4, 0.5) is 0 Å². The van der Waals surface area contributed by atoms with E-state index in [1.54, 1.807) is 18.3 Å². The third kappa shape index (κ3) is 1.60. The van der Waals surface area contributed by atoms with Crippen LogP contribution >= 0.6 is 0 Å². The Morgan fingerprint density at radius 2 is 2.56 bits per heavy atom. The Morgan fingerprint density at radius 3 is 3.00 bits per heavy atom. The second-order valence-electron chi connectivity index (χ2n) is 1.66. The van der Waals surface area contributed by atoms with Gasteiger partial charge in [-0.15, -0.1) is 0 Å². The fourth-order valence-corrected chi connectivity index (χ4v) is 0.573. The largest absolute Gasteiger partial charge is 0.480 e. The maximum Gasteiger partial charge on any atom is 0.323 e. The lowest BCUT2D eigenvalue weighted by Crippen LogP contribution is -2.06. The van der Waals surface area contributed by atoms with Crippen molar-refractivity contribution in [2.45, 2.75) is 6.54 Å². The SMILES string of the molecule is O=C(O)Cn1[c]ccc1. The zero-order valence-corrected chi connectivity index (χ0v) is 4.74. The molecule has 1 aromatic heterocycles. The molecule has 9 heavy (non-hydrogen) atoms.